The monoisotopic (exact) mass is 150 g/mol. The number of hydrogen-bond acceptors (Lipinski definition) is 2. The molecule has 1 rings (SSSR count). The van der Waals surface area contributed by atoms with E-state index >= 15 is 0 Å². The van der Waals surface area contributed by atoms with E-state index < -0.39 is 0 Å². The maximum absolute atomic E-state index is 4.19. The molecule has 0 amide bonds. The Morgan fingerprint density at radius 3 is 3.09 bits per heavy atom. The Balaban J connectivity index is 2.74. The standard InChI is InChI=1S/C9H14N2/c1-3-8-9(10-4-2)6-5-7-11-8/h3-4,11H,2,5-7H2,1H3/b8-3+,10-9?. The van der Waals surface area contributed by atoms with Crippen LogP contribution in [-0.4, -0.2) is 12.3 Å². The number of nitrogens with one attached hydrogen (secondary N) is 1. The SMILES string of the molecule is C=CN=C1CCCN/C1=C/C. The van der Waals surface area contributed by atoms with E-state index in [1.807, 2.05) is 6.92 Å². The summed E-state index contributed by atoms with van der Waals surface area (Å²) in [5, 5.41) is 3.29. The quantitative estimate of drug-likeness (QED) is 0.606. The maximum atomic E-state index is 4.19. The van der Waals surface area contributed by atoms with Crippen LogP contribution < -0.4 is 5.32 Å². The first kappa shape index (κ1) is 8.05. The molecule has 1 aliphatic rings. The zero-order chi connectivity index (χ0) is 8.10. The van der Waals surface area contributed by atoms with Gasteiger partial charge in [0.05, 0.1) is 11.4 Å². The Morgan fingerprint density at radius 1 is 1.64 bits per heavy atom. The Bertz CT molecular complexity index is 202. The highest BCUT2D eigenvalue weighted by Crippen LogP contribution is 2.08. The lowest BCUT2D eigenvalue weighted by Gasteiger charge is -2.18. The third-order valence-electron chi connectivity index (χ3n) is 1.75. The molecule has 1 N–H and O–H groups in total. The van der Waals surface area contributed by atoms with Crippen molar-refractivity contribution in [1.29, 1.82) is 0 Å². The number of hydrogen-bond donors (Lipinski definition) is 1. The van der Waals surface area contributed by atoms with Crippen LogP contribution in [0, 0.1) is 0 Å². The minimum Gasteiger partial charge on any atom is -0.384 e. The molecule has 60 valence electrons. The fourth-order valence-electron chi connectivity index (χ4n) is 1.23. The fourth-order valence-corrected chi connectivity index (χ4v) is 1.23. The molecule has 0 atom stereocenters. The number of nitrogens with zero attached hydrogens (tertiary/aromatic N) is 1. The van der Waals surface area contributed by atoms with Crippen LogP contribution in [-0.2, 0) is 0 Å². The van der Waals surface area contributed by atoms with Gasteiger partial charge in [-0.1, -0.05) is 12.7 Å². The Hall–Kier alpha value is -1.05. The van der Waals surface area contributed by atoms with Gasteiger partial charge in [0, 0.05) is 12.7 Å². The van der Waals surface area contributed by atoms with Crippen molar-refractivity contribution in [2.75, 3.05) is 6.54 Å². The van der Waals surface area contributed by atoms with Crippen molar-refractivity contribution in [1.82, 2.24) is 5.32 Å². The van der Waals surface area contributed by atoms with Gasteiger partial charge in [0.15, 0.2) is 0 Å². The summed E-state index contributed by atoms with van der Waals surface area (Å²) < 4.78 is 0. The number of allylic oxidation sites excluding steroid dienone is 2. The van der Waals surface area contributed by atoms with Crippen molar-refractivity contribution in [3.63, 3.8) is 0 Å². The molecule has 1 heterocycles. The van der Waals surface area contributed by atoms with Gasteiger partial charge in [-0.15, -0.1) is 0 Å². The molecule has 0 aromatic rings. The predicted molar refractivity (Wildman–Crippen MR) is 48.6 cm³/mol. The van der Waals surface area contributed by atoms with Crippen molar-refractivity contribution in [2.24, 2.45) is 4.99 Å². The van der Waals surface area contributed by atoms with Gasteiger partial charge in [-0.05, 0) is 19.8 Å². The number of rotatable bonds is 1. The molecule has 0 unspecified atom stereocenters. The molecule has 0 spiro atoms. The van der Waals surface area contributed by atoms with Crippen LogP contribution in [0.2, 0.25) is 0 Å². The summed E-state index contributed by atoms with van der Waals surface area (Å²) in [6.45, 7) is 6.67. The van der Waals surface area contributed by atoms with E-state index in [-0.39, 0.29) is 0 Å². The lowest BCUT2D eigenvalue weighted by atomic mass is 10.1. The Morgan fingerprint density at radius 2 is 2.45 bits per heavy atom. The minimum atomic E-state index is 1.07. The molecule has 0 aromatic carbocycles. The summed E-state index contributed by atoms with van der Waals surface area (Å²) in [7, 11) is 0. The van der Waals surface area contributed by atoms with Gasteiger partial charge in [-0.2, -0.15) is 0 Å². The molecule has 1 fully saturated rings. The highest BCUT2D eigenvalue weighted by molar-refractivity contribution is 6.00. The predicted octanol–water partition coefficient (Wildman–Crippen LogP) is 1.86. The van der Waals surface area contributed by atoms with Crippen LogP contribution in [0.4, 0.5) is 0 Å². The number of aliphatic imine (C=N–C) groups is 1. The Labute approximate surface area is 67.7 Å². The van der Waals surface area contributed by atoms with E-state index in [0.717, 1.165) is 24.4 Å². The van der Waals surface area contributed by atoms with Crippen LogP contribution in [0.3, 0.4) is 0 Å². The Kier molecular flexibility index (Phi) is 2.90. The van der Waals surface area contributed by atoms with Crippen LogP contribution in [0.1, 0.15) is 19.8 Å². The van der Waals surface area contributed by atoms with Crippen molar-refractivity contribution in [2.45, 2.75) is 19.8 Å². The molecule has 0 bridgehead atoms. The second kappa shape index (κ2) is 3.96. The lowest BCUT2D eigenvalue weighted by Crippen LogP contribution is -2.27. The second-order valence-electron chi connectivity index (χ2n) is 2.49. The van der Waals surface area contributed by atoms with E-state index in [4.69, 9.17) is 0 Å². The highest BCUT2D eigenvalue weighted by atomic mass is 14.9. The lowest BCUT2D eigenvalue weighted by molar-refractivity contribution is 0.723. The zero-order valence-corrected chi connectivity index (χ0v) is 6.93. The van der Waals surface area contributed by atoms with E-state index in [0.29, 0.717) is 0 Å². The average molecular weight is 150 g/mol. The molecular formula is C9H14N2. The molecule has 1 saturated heterocycles. The third-order valence-corrected chi connectivity index (χ3v) is 1.75. The fraction of sp³-hybridized carbons (Fsp3) is 0.444. The second-order valence-corrected chi connectivity index (χ2v) is 2.49. The van der Waals surface area contributed by atoms with Gasteiger partial charge in [-0.3, -0.25) is 4.99 Å². The topological polar surface area (TPSA) is 24.4 Å². The molecule has 2 nitrogen and oxygen atoms in total. The zero-order valence-electron chi connectivity index (χ0n) is 6.93. The smallest absolute Gasteiger partial charge is 0.0631 e. The largest absolute Gasteiger partial charge is 0.384 e. The van der Waals surface area contributed by atoms with Crippen LogP contribution in [0.5, 0.6) is 0 Å². The molecule has 2 heteroatoms. The summed E-state index contributed by atoms with van der Waals surface area (Å²) in [6, 6.07) is 0. The van der Waals surface area contributed by atoms with E-state index in [2.05, 4.69) is 23.0 Å². The van der Waals surface area contributed by atoms with Gasteiger partial charge in [0.1, 0.15) is 0 Å². The van der Waals surface area contributed by atoms with E-state index in [9.17, 15) is 0 Å². The molecule has 0 aromatic heterocycles. The van der Waals surface area contributed by atoms with E-state index in [1.165, 1.54) is 6.42 Å². The summed E-state index contributed by atoms with van der Waals surface area (Å²) in [5.74, 6) is 0. The van der Waals surface area contributed by atoms with Crippen molar-refractivity contribution in [3.8, 4) is 0 Å². The van der Waals surface area contributed by atoms with E-state index in [1.54, 1.807) is 6.20 Å². The normalized spacial score (nSPS) is 25.2. The first-order chi connectivity index (χ1) is 5.38. The molecule has 0 aliphatic carbocycles. The summed E-state index contributed by atoms with van der Waals surface area (Å²) in [6.07, 6.45) is 5.90. The van der Waals surface area contributed by atoms with Crippen LogP contribution >= 0.6 is 0 Å². The van der Waals surface area contributed by atoms with Gasteiger partial charge < -0.3 is 5.32 Å². The molecule has 0 saturated carbocycles. The van der Waals surface area contributed by atoms with Crippen molar-refractivity contribution in [3.05, 3.63) is 24.6 Å². The molecule has 0 radical (unpaired) electrons. The van der Waals surface area contributed by atoms with Crippen molar-refractivity contribution >= 4 is 5.71 Å². The van der Waals surface area contributed by atoms with Gasteiger partial charge in [0.2, 0.25) is 0 Å². The first-order valence-electron chi connectivity index (χ1n) is 3.96. The average Bonchev–Trinajstić information content (AvgIpc) is 2.06. The minimum absolute atomic E-state index is 1.07. The maximum Gasteiger partial charge on any atom is 0.0631 e. The molecule has 11 heavy (non-hydrogen) atoms. The van der Waals surface area contributed by atoms with Crippen molar-refractivity contribution < 1.29 is 0 Å². The third kappa shape index (κ3) is 1.93. The molecule has 1 aliphatic heterocycles. The van der Waals surface area contributed by atoms with Gasteiger partial charge >= 0.3 is 0 Å². The number of piperidine rings is 1. The summed E-state index contributed by atoms with van der Waals surface area (Å²) >= 11 is 0. The van der Waals surface area contributed by atoms with Crippen LogP contribution in [0.25, 0.3) is 0 Å². The molecular weight excluding hydrogens is 136 g/mol. The van der Waals surface area contributed by atoms with Crippen LogP contribution in [0.15, 0.2) is 29.5 Å². The highest BCUT2D eigenvalue weighted by Gasteiger charge is 2.09. The van der Waals surface area contributed by atoms with Gasteiger partial charge in [-0.25, -0.2) is 0 Å². The first-order valence-corrected chi connectivity index (χ1v) is 3.96. The summed E-state index contributed by atoms with van der Waals surface area (Å²) in [5.41, 5.74) is 2.30. The summed E-state index contributed by atoms with van der Waals surface area (Å²) in [4.78, 5) is 4.19. The van der Waals surface area contributed by atoms with Gasteiger partial charge in [0.25, 0.3) is 0 Å².